The minimum absolute atomic E-state index is 0.0659. The number of oxazole rings is 1. The molecule has 5 N–H and O–H groups in total. The summed E-state index contributed by atoms with van der Waals surface area (Å²) in [6.07, 6.45) is 3.18. The van der Waals surface area contributed by atoms with Crippen molar-refractivity contribution in [2.75, 3.05) is 11.1 Å². The minimum Gasteiger partial charge on any atom is -0.432 e. The van der Waals surface area contributed by atoms with Gasteiger partial charge >= 0.3 is 0 Å². The van der Waals surface area contributed by atoms with Gasteiger partial charge in [0.2, 0.25) is 0 Å². The molecule has 0 spiro atoms. The number of anilines is 2. The fourth-order valence-corrected chi connectivity index (χ4v) is 3.44. The molecule has 0 fully saturated rings. The Balaban J connectivity index is 1.80. The van der Waals surface area contributed by atoms with E-state index in [1.165, 1.54) is 6.26 Å². The van der Waals surface area contributed by atoms with Gasteiger partial charge in [-0.15, -0.1) is 0 Å². The van der Waals surface area contributed by atoms with Gasteiger partial charge in [-0.05, 0) is 55.4 Å². The molecule has 8 heteroatoms. The lowest BCUT2D eigenvalue weighted by Gasteiger charge is -2.29. The summed E-state index contributed by atoms with van der Waals surface area (Å²) in [5, 5.41) is 15.4. The van der Waals surface area contributed by atoms with Gasteiger partial charge < -0.3 is 20.8 Å². The van der Waals surface area contributed by atoms with Crippen LogP contribution in [0.15, 0.2) is 59.3 Å². The number of hydrogen-bond acceptors (Lipinski definition) is 4. The zero-order chi connectivity index (χ0) is 20.3. The maximum Gasteiger partial charge on any atom is 0.293 e. The van der Waals surface area contributed by atoms with E-state index in [1.54, 1.807) is 16.8 Å². The van der Waals surface area contributed by atoms with Crippen LogP contribution in [-0.4, -0.2) is 9.68 Å². The van der Waals surface area contributed by atoms with Gasteiger partial charge in [-0.25, -0.2) is 0 Å². The molecule has 0 saturated heterocycles. The van der Waals surface area contributed by atoms with Crippen LogP contribution in [0.1, 0.15) is 25.0 Å². The predicted molar refractivity (Wildman–Crippen MR) is 116 cm³/mol. The Kier molecular flexibility index (Phi) is 5.76. The zero-order valence-electron chi connectivity index (χ0n) is 15.6. The first-order chi connectivity index (χ1) is 13.3. The van der Waals surface area contributed by atoms with Crippen molar-refractivity contribution in [3.05, 3.63) is 76.8 Å². The van der Waals surface area contributed by atoms with Gasteiger partial charge in [0, 0.05) is 11.2 Å². The molecule has 0 aliphatic rings. The number of halogens is 1. The van der Waals surface area contributed by atoms with Crippen LogP contribution in [0.25, 0.3) is 0 Å². The van der Waals surface area contributed by atoms with Gasteiger partial charge in [0.1, 0.15) is 6.26 Å². The van der Waals surface area contributed by atoms with E-state index in [2.05, 4.69) is 10.6 Å². The number of para-hydroxylation sites is 1. The standard InChI is InChI=1S/C20H22ClN5OS/c1-20(2,14-6-4-7-15(21)11-14)25-19(28)24-17-13(5-3-8-16(17)22)12-26-9-10-27-18(26)23/h3-11,23H,12,22H2,1-2H3,(H2,24,25,28). The topological polar surface area (TPSA) is 92.0 Å². The molecule has 0 aliphatic heterocycles. The largest absolute Gasteiger partial charge is 0.432 e. The normalized spacial score (nSPS) is 11.2. The van der Waals surface area contributed by atoms with Crippen molar-refractivity contribution in [2.24, 2.45) is 0 Å². The predicted octanol–water partition coefficient (Wildman–Crippen LogP) is 4.07. The molecule has 3 aromatic rings. The number of nitrogens with one attached hydrogen (secondary N) is 3. The summed E-state index contributed by atoms with van der Waals surface area (Å²) < 4.78 is 6.71. The summed E-state index contributed by atoms with van der Waals surface area (Å²) in [6.45, 7) is 4.48. The molecule has 0 radical (unpaired) electrons. The third-order valence-corrected chi connectivity index (χ3v) is 4.86. The van der Waals surface area contributed by atoms with Crippen LogP contribution in [0, 0.1) is 5.41 Å². The Morgan fingerprint density at radius 2 is 2.04 bits per heavy atom. The number of benzene rings is 2. The number of aromatic nitrogens is 1. The first-order valence-electron chi connectivity index (χ1n) is 8.67. The molecule has 28 heavy (non-hydrogen) atoms. The molecule has 6 nitrogen and oxygen atoms in total. The second-order valence-electron chi connectivity index (χ2n) is 6.93. The Morgan fingerprint density at radius 3 is 2.71 bits per heavy atom. The molecule has 146 valence electrons. The first-order valence-corrected chi connectivity index (χ1v) is 9.46. The maximum absolute atomic E-state index is 7.79. The summed E-state index contributed by atoms with van der Waals surface area (Å²) in [5.41, 5.74) is 8.99. The van der Waals surface area contributed by atoms with Crippen LogP contribution >= 0.6 is 23.8 Å². The molecule has 0 aliphatic carbocycles. The number of rotatable bonds is 5. The quantitative estimate of drug-likeness (QED) is 0.372. The number of hydrogen-bond donors (Lipinski definition) is 4. The van der Waals surface area contributed by atoms with Crippen LogP contribution in [0.5, 0.6) is 0 Å². The highest BCUT2D eigenvalue weighted by Gasteiger charge is 2.22. The maximum atomic E-state index is 7.79. The van der Waals surface area contributed by atoms with E-state index in [9.17, 15) is 0 Å². The van der Waals surface area contributed by atoms with Crippen LogP contribution in [0.2, 0.25) is 5.02 Å². The van der Waals surface area contributed by atoms with E-state index >= 15 is 0 Å². The summed E-state index contributed by atoms with van der Waals surface area (Å²) in [7, 11) is 0. The molecule has 1 heterocycles. The second kappa shape index (κ2) is 8.08. The molecule has 0 unspecified atom stereocenters. The van der Waals surface area contributed by atoms with E-state index in [0.717, 1.165) is 11.1 Å². The van der Waals surface area contributed by atoms with Gasteiger partial charge in [0.15, 0.2) is 5.11 Å². The lowest BCUT2D eigenvalue weighted by Crippen LogP contribution is -2.43. The molecular weight excluding hydrogens is 394 g/mol. The summed E-state index contributed by atoms with van der Waals surface area (Å²) in [6, 6.07) is 13.3. The van der Waals surface area contributed by atoms with Crippen molar-refractivity contribution >= 4 is 40.3 Å². The van der Waals surface area contributed by atoms with Crippen molar-refractivity contribution in [3.63, 3.8) is 0 Å². The number of nitrogen functional groups attached to an aromatic ring is 1. The highest BCUT2D eigenvalue weighted by atomic mass is 35.5. The van der Waals surface area contributed by atoms with Crippen molar-refractivity contribution in [1.82, 2.24) is 9.88 Å². The number of nitrogens with two attached hydrogens (primary N) is 1. The van der Waals surface area contributed by atoms with Gasteiger partial charge in [-0.2, -0.15) is 0 Å². The lowest BCUT2D eigenvalue weighted by atomic mass is 9.94. The minimum atomic E-state index is -0.438. The van der Waals surface area contributed by atoms with Gasteiger partial charge in [0.05, 0.1) is 23.5 Å². The molecule has 0 saturated carbocycles. The first kappa shape index (κ1) is 20.0. The number of thiocarbonyl (C=S) groups is 1. The van der Waals surface area contributed by atoms with E-state index in [0.29, 0.717) is 28.1 Å². The summed E-state index contributed by atoms with van der Waals surface area (Å²) in [5.74, 6) is 0. The Bertz CT molecular complexity index is 1060. The van der Waals surface area contributed by atoms with Crippen molar-refractivity contribution < 1.29 is 4.42 Å². The van der Waals surface area contributed by atoms with Crippen LogP contribution < -0.4 is 22.1 Å². The molecule has 2 aromatic carbocycles. The molecular formula is C20H22ClN5OS. The molecule has 1 aromatic heterocycles. The van der Waals surface area contributed by atoms with Crippen molar-refractivity contribution in [3.8, 4) is 0 Å². The van der Waals surface area contributed by atoms with E-state index in [1.807, 2.05) is 50.2 Å². The van der Waals surface area contributed by atoms with Crippen molar-refractivity contribution in [2.45, 2.75) is 25.9 Å². The smallest absolute Gasteiger partial charge is 0.293 e. The molecule has 0 atom stereocenters. The third kappa shape index (κ3) is 4.55. The average molecular weight is 416 g/mol. The highest BCUT2D eigenvalue weighted by molar-refractivity contribution is 7.80. The Hall–Kier alpha value is -2.77. The monoisotopic (exact) mass is 415 g/mol. The van der Waals surface area contributed by atoms with Gasteiger partial charge in [0.25, 0.3) is 5.68 Å². The molecule has 0 bridgehead atoms. The van der Waals surface area contributed by atoms with E-state index in [-0.39, 0.29) is 5.68 Å². The molecule has 3 rings (SSSR count). The average Bonchev–Trinajstić information content (AvgIpc) is 3.02. The number of nitrogens with zero attached hydrogens (tertiary/aromatic N) is 1. The second-order valence-corrected chi connectivity index (χ2v) is 7.78. The van der Waals surface area contributed by atoms with Crippen LogP contribution in [0.3, 0.4) is 0 Å². The summed E-state index contributed by atoms with van der Waals surface area (Å²) >= 11 is 11.7. The third-order valence-electron chi connectivity index (χ3n) is 4.42. The Morgan fingerprint density at radius 1 is 1.29 bits per heavy atom. The lowest BCUT2D eigenvalue weighted by molar-refractivity contribution is 0.458. The highest BCUT2D eigenvalue weighted by Crippen LogP contribution is 2.26. The molecule has 0 amide bonds. The zero-order valence-corrected chi connectivity index (χ0v) is 17.2. The van der Waals surface area contributed by atoms with Gasteiger partial charge in [-0.1, -0.05) is 35.9 Å². The van der Waals surface area contributed by atoms with Crippen LogP contribution in [0.4, 0.5) is 11.4 Å². The fraction of sp³-hybridized carbons (Fsp3) is 0.200. The van der Waals surface area contributed by atoms with Gasteiger partial charge in [-0.3, -0.25) is 9.98 Å². The summed E-state index contributed by atoms with van der Waals surface area (Å²) in [4.78, 5) is 0. The Labute approximate surface area is 173 Å². The van der Waals surface area contributed by atoms with E-state index < -0.39 is 5.54 Å². The SMILES string of the molecule is CC(C)(NC(=S)Nc1c(N)cccc1Cn1ccoc1=N)c1cccc(Cl)c1. The van der Waals surface area contributed by atoms with Crippen LogP contribution in [-0.2, 0) is 12.1 Å². The van der Waals surface area contributed by atoms with Crippen molar-refractivity contribution in [1.29, 1.82) is 5.41 Å². The van der Waals surface area contributed by atoms with E-state index in [4.69, 9.17) is 39.4 Å². The fourth-order valence-electron chi connectivity index (χ4n) is 2.89.